The first kappa shape index (κ1) is 14.5. The third-order valence-electron chi connectivity index (χ3n) is 2.15. The zero-order valence-electron chi connectivity index (χ0n) is 9.27. The zero-order valence-corrected chi connectivity index (χ0v) is 10.9. The standard InChI is InChI=1S/C10H9BrF2N2O3/c1-14(5-9(12)13)10(16)6-2-3-7(11)8(4-6)15(17)18/h2-4,9H,5H2,1H3. The van der Waals surface area contributed by atoms with Crippen molar-refractivity contribution in [3.8, 4) is 0 Å². The van der Waals surface area contributed by atoms with Gasteiger partial charge in [-0.25, -0.2) is 8.78 Å². The van der Waals surface area contributed by atoms with E-state index in [2.05, 4.69) is 15.9 Å². The molecule has 0 radical (unpaired) electrons. The third kappa shape index (κ3) is 3.46. The van der Waals surface area contributed by atoms with Gasteiger partial charge in [0.25, 0.3) is 18.0 Å². The molecule has 0 bridgehead atoms. The van der Waals surface area contributed by atoms with Crippen LogP contribution in [-0.4, -0.2) is 35.7 Å². The van der Waals surface area contributed by atoms with Crippen molar-refractivity contribution in [1.82, 2.24) is 4.90 Å². The van der Waals surface area contributed by atoms with Crippen molar-refractivity contribution in [2.24, 2.45) is 0 Å². The maximum atomic E-state index is 12.1. The molecular weight excluding hydrogens is 314 g/mol. The second-order valence-corrected chi connectivity index (χ2v) is 4.35. The molecule has 0 aromatic heterocycles. The highest BCUT2D eigenvalue weighted by molar-refractivity contribution is 9.10. The number of halogens is 3. The van der Waals surface area contributed by atoms with E-state index in [9.17, 15) is 23.7 Å². The molecule has 1 aromatic rings. The van der Waals surface area contributed by atoms with Crippen LogP contribution < -0.4 is 0 Å². The minimum atomic E-state index is -2.65. The highest BCUT2D eigenvalue weighted by Crippen LogP contribution is 2.26. The van der Waals surface area contributed by atoms with Gasteiger partial charge >= 0.3 is 0 Å². The van der Waals surface area contributed by atoms with Crippen LogP contribution in [0.2, 0.25) is 0 Å². The molecule has 18 heavy (non-hydrogen) atoms. The van der Waals surface area contributed by atoms with Crippen LogP contribution in [-0.2, 0) is 0 Å². The number of carbonyl (C=O) groups is 1. The van der Waals surface area contributed by atoms with Crippen LogP contribution in [0.3, 0.4) is 0 Å². The monoisotopic (exact) mass is 322 g/mol. The molecule has 0 saturated carbocycles. The number of nitro benzene ring substituents is 1. The predicted molar refractivity (Wildman–Crippen MR) is 63.8 cm³/mol. The van der Waals surface area contributed by atoms with Crippen molar-refractivity contribution in [3.05, 3.63) is 38.3 Å². The van der Waals surface area contributed by atoms with Crippen molar-refractivity contribution in [2.45, 2.75) is 6.43 Å². The van der Waals surface area contributed by atoms with Gasteiger partial charge in [-0.05, 0) is 28.1 Å². The molecular formula is C10H9BrF2N2O3. The van der Waals surface area contributed by atoms with Crippen LogP contribution in [0.5, 0.6) is 0 Å². The average Bonchev–Trinajstić information content (AvgIpc) is 2.27. The minimum absolute atomic E-state index is 0.00644. The summed E-state index contributed by atoms with van der Waals surface area (Å²) in [6.45, 7) is -0.720. The van der Waals surface area contributed by atoms with Crippen LogP contribution in [0.1, 0.15) is 10.4 Å². The number of nitrogens with zero attached hydrogens (tertiary/aromatic N) is 2. The van der Waals surface area contributed by atoms with E-state index in [1.165, 1.54) is 19.2 Å². The highest BCUT2D eigenvalue weighted by atomic mass is 79.9. The van der Waals surface area contributed by atoms with Crippen LogP contribution in [0.4, 0.5) is 14.5 Å². The van der Waals surface area contributed by atoms with Crippen molar-refractivity contribution in [2.75, 3.05) is 13.6 Å². The summed E-state index contributed by atoms with van der Waals surface area (Å²) in [5, 5.41) is 10.7. The minimum Gasteiger partial charge on any atom is -0.336 e. The Labute approximate surface area is 110 Å². The van der Waals surface area contributed by atoms with Gasteiger partial charge in [0.1, 0.15) is 0 Å². The largest absolute Gasteiger partial charge is 0.336 e. The Morgan fingerprint density at radius 1 is 1.56 bits per heavy atom. The summed E-state index contributed by atoms with van der Waals surface area (Å²) in [5.41, 5.74) is -0.292. The Bertz CT molecular complexity index is 482. The molecule has 0 heterocycles. The van der Waals surface area contributed by atoms with Crippen molar-refractivity contribution in [1.29, 1.82) is 0 Å². The van der Waals surface area contributed by atoms with Crippen LogP contribution in [0.25, 0.3) is 0 Å². The number of nitro groups is 1. The molecule has 1 rings (SSSR count). The van der Waals surface area contributed by atoms with Gasteiger partial charge in [0.2, 0.25) is 0 Å². The zero-order chi connectivity index (χ0) is 13.9. The first-order valence-electron chi connectivity index (χ1n) is 4.80. The molecule has 0 N–H and O–H groups in total. The van der Waals surface area contributed by atoms with Crippen LogP contribution in [0, 0.1) is 10.1 Å². The molecule has 0 aliphatic carbocycles. The summed E-state index contributed by atoms with van der Waals surface area (Å²) in [5.74, 6) is -0.689. The van der Waals surface area contributed by atoms with Gasteiger partial charge in [0.15, 0.2) is 0 Å². The van der Waals surface area contributed by atoms with Crippen molar-refractivity contribution < 1.29 is 18.5 Å². The molecule has 0 spiro atoms. The fourth-order valence-electron chi connectivity index (χ4n) is 1.30. The quantitative estimate of drug-likeness (QED) is 0.632. The molecule has 8 heteroatoms. The number of alkyl halides is 2. The van der Waals surface area contributed by atoms with E-state index >= 15 is 0 Å². The Hall–Kier alpha value is -1.57. The first-order valence-corrected chi connectivity index (χ1v) is 5.59. The molecule has 0 saturated heterocycles. The van der Waals surface area contributed by atoms with Crippen LogP contribution in [0.15, 0.2) is 22.7 Å². The van der Waals surface area contributed by atoms with E-state index in [-0.39, 0.29) is 15.7 Å². The summed E-state index contributed by atoms with van der Waals surface area (Å²) in [7, 11) is 1.21. The summed E-state index contributed by atoms with van der Waals surface area (Å²) in [6.07, 6.45) is -2.65. The summed E-state index contributed by atoms with van der Waals surface area (Å²) in [4.78, 5) is 22.6. The van der Waals surface area contributed by atoms with Gasteiger partial charge in [-0.2, -0.15) is 0 Å². The molecule has 1 aromatic carbocycles. The number of hydrogen-bond acceptors (Lipinski definition) is 3. The average molecular weight is 323 g/mol. The number of carbonyl (C=O) groups excluding carboxylic acids is 1. The lowest BCUT2D eigenvalue weighted by Gasteiger charge is -2.16. The Kier molecular flexibility index (Phi) is 4.71. The lowest BCUT2D eigenvalue weighted by atomic mass is 10.2. The molecule has 0 aliphatic heterocycles. The van der Waals surface area contributed by atoms with E-state index in [0.717, 1.165) is 11.0 Å². The summed E-state index contributed by atoms with van der Waals surface area (Å²) in [6, 6.07) is 3.72. The van der Waals surface area contributed by atoms with Crippen molar-refractivity contribution >= 4 is 27.5 Å². The molecule has 1 amide bonds. The molecule has 0 unspecified atom stereocenters. The second kappa shape index (κ2) is 5.85. The predicted octanol–water partition coefficient (Wildman–Crippen LogP) is 2.69. The second-order valence-electron chi connectivity index (χ2n) is 3.50. The van der Waals surface area contributed by atoms with E-state index in [1.807, 2.05) is 0 Å². The number of rotatable bonds is 4. The normalized spacial score (nSPS) is 10.5. The molecule has 0 aliphatic rings. The van der Waals surface area contributed by atoms with E-state index in [0.29, 0.717) is 0 Å². The van der Waals surface area contributed by atoms with Crippen LogP contribution >= 0.6 is 15.9 Å². The maximum Gasteiger partial charge on any atom is 0.284 e. The smallest absolute Gasteiger partial charge is 0.284 e. The summed E-state index contributed by atoms with van der Waals surface area (Å²) >= 11 is 2.97. The van der Waals surface area contributed by atoms with Gasteiger partial charge < -0.3 is 4.90 Å². The summed E-state index contributed by atoms with van der Waals surface area (Å²) < 4.78 is 24.5. The first-order chi connectivity index (χ1) is 8.32. The highest BCUT2D eigenvalue weighted by Gasteiger charge is 2.20. The molecule has 0 fully saturated rings. The fourth-order valence-corrected chi connectivity index (χ4v) is 1.69. The molecule has 0 atom stereocenters. The van der Waals surface area contributed by atoms with Crippen molar-refractivity contribution in [3.63, 3.8) is 0 Å². The third-order valence-corrected chi connectivity index (χ3v) is 2.82. The van der Waals surface area contributed by atoms with Gasteiger partial charge in [-0.3, -0.25) is 14.9 Å². The van der Waals surface area contributed by atoms with E-state index < -0.39 is 23.8 Å². The van der Waals surface area contributed by atoms with Gasteiger partial charge in [0.05, 0.1) is 15.9 Å². The Balaban J connectivity index is 3.00. The lowest BCUT2D eigenvalue weighted by molar-refractivity contribution is -0.385. The van der Waals surface area contributed by atoms with E-state index in [1.54, 1.807) is 0 Å². The fraction of sp³-hybridized carbons (Fsp3) is 0.300. The maximum absolute atomic E-state index is 12.1. The number of amides is 1. The topological polar surface area (TPSA) is 63.5 Å². The Morgan fingerprint density at radius 2 is 2.17 bits per heavy atom. The lowest BCUT2D eigenvalue weighted by Crippen LogP contribution is -2.31. The SMILES string of the molecule is CN(CC(F)F)C(=O)c1ccc(Br)c([N+](=O)[O-])c1. The van der Waals surface area contributed by atoms with Gasteiger partial charge in [-0.1, -0.05) is 0 Å². The number of hydrogen-bond donors (Lipinski definition) is 0. The van der Waals surface area contributed by atoms with E-state index in [4.69, 9.17) is 0 Å². The van der Waals surface area contributed by atoms with Gasteiger partial charge in [0, 0.05) is 18.7 Å². The molecule has 5 nitrogen and oxygen atoms in total. The molecule has 98 valence electrons. The van der Waals surface area contributed by atoms with Gasteiger partial charge in [-0.15, -0.1) is 0 Å². The Morgan fingerprint density at radius 3 is 2.67 bits per heavy atom. The number of benzene rings is 1.